The normalized spacial score (nSPS) is 15.6. The molecule has 1 amide bonds. The maximum absolute atomic E-state index is 14.5. The minimum atomic E-state index is -4.57. The molecule has 3 aromatic rings. The number of hydrogen-bond acceptors (Lipinski definition) is 7. The number of rotatable bonds is 6. The molecule has 0 spiro atoms. The number of H-pyrrole nitrogens is 1. The first-order valence-corrected chi connectivity index (χ1v) is 11.6. The summed E-state index contributed by atoms with van der Waals surface area (Å²) in [6.45, 7) is 4.75. The number of aromatic nitrogens is 3. The van der Waals surface area contributed by atoms with Gasteiger partial charge in [0, 0.05) is 39.8 Å². The van der Waals surface area contributed by atoms with E-state index in [1.165, 1.54) is 32.2 Å². The number of carbonyl (C=O) groups excluding carboxylic acids is 1. The van der Waals surface area contributed by atoms with Crippen LogP contribution in [0.15, 0.2) is 29.1 Å². The van der Waals surface area contributed by atoms with Gasteiger partial charge in [-0.3, -0.25) is 14.5 Å². The Morgan fingerprint density at radius 1 is 1.19 bits per heavy atom. The Labute approximate surface area is 209 Å². The summed E-state index contributed by atoms with van der Waals surface area (Å²) in [5.41, 5.74) is 1.00. The van der Waals surface area contributed by atoms with Gasteiger partial charge in [-0.1, -0.05) is 0 Å². The SMILES string of the molecule is CNC(=O)c1ccc(N2CCN(Cc3cc(OC(C)C(F)(F)F)c4nc(C)c(=O)[nH]c4c3)CC2)c(F)n1. The van der Waals surface area contributed by atoms with Gasteiger partial charge in [-0.2, -0.15) is 17.6 Å². The fourth-order valence-corrected chi connectivity index (χ4v) is 4.07. The van der Waals surface area contributed by atoms with Crippen LogP contribution in [-0.4, -0.2) is 71.3 Å². The lowest BCUT2D eigenvalue weighted by molar-refractivity contribution is -0.189. The van der Waals surface area contributed by atoms with E-state index in [2.05, 4.69) is 25.2 Å². The first kappa shape index (κ1) is 26.3. The van der Waals surface area contributed by atoms with Crippen LogP contribution in [0.2, 0.25) is 0 Å². The van der Waals surface area contributed by atoms with Crippen LogP contribution in [0, 0.1) is 12.9 Å². The average molecular weight is 523 g/mol. The fraction of sp³-hybridized carbons (Fsp3) is 0.417. The molecule has 0 bridgehead atoms. The largest absolute Gasteiger partial charge is 0.479 e. The summed E-state index contributed by atoms with van der Waals surface area (Å²) in [5.74, 6) is -1.29. The summed E-state index contributed by atoms with van der Waals surface area (Å²) < 4.78 is 59.3. The molecule has 1 unspecified atom stereocenters. The van der Waals surface area contributed by atoms with Crippen molar-refractivity contribution in [1.29, 1.82) is 0 Å². The first-order chi connectivity index (χ1) is 17.5. The number of fused-ring (bicyclic) bond motifs is 1. The molecule has 1 atom stereocenters. The van der Waals surface area contributed by atoms with Gasteiger partial charge >= 0.3 is 6.18 Å². The maximum atomic E-state index is 14.5. The number of pyridine rings is 1. The van der Waals surface area contributed by atoms with Gasteiger partial charge in [0.25, 0.3) is 11.5 Å². The number of alkyl halides is 3. The Bertz CT molecular complexity index is 1370. The quantitative estimate of drug-likeness (QED) is 0.379. The number of aryl methyl sites for hydroxylation is 1. The Balaban J connectivity index is 1.51. The van der Waals surface area contributed by atoms with Crippen molar-refractivity contribution in [3.8, 4) is 5.75 Å². The summed E-state index contributed by atoms with van der Waals surface area (Å²) in [6.07, 6.45) is -6.64. The number of amides is 1. The third-order valence-electron chi connectivity index (χ3n) is 6.16. The lowest BCUT2D eigenvalue weighted by atomic mass is 10.1. The number of carbonyl (C=O) groups is 1. The van der Waals surface area contributed by atoms with E-state index in [9.17, 15) is 27.2 Å². The molecule has 2 aromatic heterocycles. The number of piperazine rings is 1. The Hall–Kier alpha value is -3.74. The van der Waals surface area contributed by atoms with E-state index >= 15 is 0 Å². The summed E-state index contributed by atoms with van der Waals surface area (Å²) in [5, 5.41) is 2.40. The highest BCUT2D eigenvalue weighted by Crippen LogP contribution is 2.31. The minimum absolute atomic E-state index is 0.0146. The highest BCUT2D eigenvalue weighted by Gasteiger charge is 2.38. The van der Waals surface area contributed by atoms with Crippen LogP contribution in [-0.2, 0) is 6.54 Å². The minimum Gasteiger partial charge on any atom is -0.479 e. The third-order valence-corrected chi connectivity index (χ3v) is 6.16. The highest BCUT2D eigenvalue weighted by molar-refractivity contribution is 5.92. The van der Waals surface area contributed by atoms with Crippen LogP contribution >= 0.6 is 0 Å². The van der Waals surface area contributed by atoms with Gasteiger partial charge in [-0.15, -0.1) is 0 Å². The van der Waals surface area contributed by atoms with Gasteiger partial charge in [-0.25, -0.2) is 9.97 Å². The van der Waals surface area contributed by atoms with Crippen molar-refractivity contribution in [2.24, 2.45) is 0 Å². The zero-order valence-corrected chi connectivity index (χ0v) is 20.4. The lowest BCUT2D eigenvalue weighted by Crippen LogP contribution is -2.46. The van der Waals surface area contributed by atoms with Crippen molar-refractivity contribution in [1.82, 2.24) is 25.2 Å². The van der Waals surface area contributed by atoms with Crippen molar-refractivity contribution in [3.05, 3.63) is 57.5 Å². The molecule has 13 heteroatoms. The molecule has 1 fully saturated rings. The van der Waals surface area contributed by atoms with Gasteiger partial charge < -0.3 is 19.9 Å². The summed E-state index contributed by atoms with van der Waals surface area (Å²) in [7, 11) is 1.44. The van der Waals surface area contributed by atoms with Crippen molar-refractivity contribution < 1.29 is 27.1 Å². The molecule has 0 saturated carbocycles. The lowest BCUT2D eigenvalue weighted by Gasteiger charge is -2.36. The molecule has 1 aliphatic rings. The molecule has 0 radical (unpaired) electrons. The second-order valence-corrected chi connectivity index (χ2v) is 8.79. The van der Waals surface area contributed by atoms with Crippen molar-refractivity contribution >= 4 is 22.6 Å². The molecular formula is C24H26F4N6O3. The number of nitrogens with zero attached hydrogens (tertiary/aromatic N) is 4. The predicted octanol–water partition coefficient (Wildman–Crippen LogP) is 2.78. The van der Waals surface area contributed by atoms with E-state index < -0.39 is 29.7 Å². The molecular weight excluding hydrogens is 496 g/mol. The van der Waals surface area contributed by atoms with Crippen LogP contribution in [0.5, 0.6) is 5.75 Å². The summed E-state index contributed by atoms with van der Waals surface area (Å²) in [4.78, 5) is 38.2. The van der Waals surface area contributed by atoms with E-state index in [0.29, 0.717) is 38.3 Å². The predicted molar refractivity (Wildman–Crippen MR) is 128 cm³/mol. The Kier molecular flexibility index (Phi) is 7.35. The summed E-state index contributed by atoms with van der Waals surface area (Å²) in [6, 6.07) is 6.14. The molecule has 1 aromatic carbocycles. The van der Waals surface area contributed by atoms with E-state index in [1.807, 2.05) is 4.90 Å². The Morgan fingerprint density at radius 3 is 2.51 bits per heavy atom. The molecule has 4 rings (SSSR count). The fourth-order valence-electron chi connectivity index (χ4n) is 4.07. The Morgan fingerprint density at radius 2 is 1.89 bits per heavy atom. The average Bonchev–Trinajstić information content (AvgIpc) is 2.84. The molecule has 1 saturated heterocycles. The second kappa shape index (κ2) is 10.3. The molecule has 9 nitrogen and oxygen atoms in total. The van der Waals surface area contributed by atoms with Gasteiger partial charge in [0.05, 0.1) is 11.2 Å². The molecule has 3 heterocycles. The maximum Gasteiger partial charge on any atom is 0.425 e. The smallest absolute Gasteiger partial charge is 0.425 e. The number of ether oxygens (including phenoxy) is 1. The topological polar surface area (TPSA) is 103 Å². The van der Waals surface area contributed by atoms with Gasteiger partial charge in [-0.05, 0) is 43.7 Å². The van der Waals surface area contributed by atoms with Crippen LogP contribution in [0.3, 0.4) is 0 Å². The van der Waals surface area contributed by atoms with Crippen LogP contribution in [0.25, 0.3) is 11.0 Å². The first-order valence-electron chi connectivity index (χ1n) is 11.6. The van der Waals surface area contributed by atoms with Gasteiger partial charge in [0.15, 0.2) is 6.10 Å². The molecule has 37 heavy (non-hydrogen) atoms. The zero-order chi connectivity index (χ0) is 26.9. The number of nitrogens with one attached hydrogen (secondary N) is 2. The zero-order valence-electron chi connectivity index (χ0n) is 20.4. The third kappa shape index (κ3) is 5.82. The van der Waals surface area contributed by atoms with E-state index in [-0.39, 0.29) is 33.9 Å². The number of hydrogen-bond donors (Lipinski definition) is 2. The van der Waals surface area contributed by atoms with Crippen LogP contribution in [0.1, 0.15) is 28.7 Å². The highest BCUT2D eigenvalue weighted by atomic mass is 19.4. The van der Waals surface area contributed by atoms with E-state index in [4.69, 9.17) is 4.74 Å². The monoisotopic (exact) mass is 522 g/mol. The van der Waals surface area contributed by atoms with E-state index in [1.54, 1.807) is 6.07 Å². The number of halogens is 4. The van der Waals surface area contributed by atoms with Gasteiger partial charge in [0.2, 0.25) is 5.95 Å². The molecule has 198 valence electrons. The number of aromatic amines is 1. The second-order valence-electron chi connectivity index (χ2n) is 8.79. The van der Waals surface area contributed by atoms with Crippen molar-refractivity contribution in [2.45, 2.75) is 32.7 Å². The standard InChI is InChI=1S/C24H26F4N6O3/c1-13-22(35)32-17-10-15(11-19(20(17)30-13)37-14(2)24(26,27)28)12-33-6-8-34(9-7-33)18-5-4-16(23(36)29-3)31-21(18)25/h4-5,10-11,14H,6-9,12H2,1-3H3,(H,29,36)(H,32,35). The van der Waals surface area contributed by atoms with Gasteiger partial charge in [0.1, 0.15) is 22.7 Å². The molecule has 0 aliphatic carbocycles. The molecule has 1 aliphatic heterocycles. The van der Waals surface area contributed by atoms with E-state index in [0.717, 1.165) is 6.92 Å². The van der Waals surface area contributed by atoms with Crippen LogP contribution in [0.4, 0.5) is 23.2 Å². The number of benzene rings is 1. The number of anilines is 1. The van der Waals surface area contributed by atoms with Crippen molar-refractivity contribution in [2.75, 3.05) is 38.1 Å². The van der Waals surface area contributed by atoms with Crippen LogP contribution < -0.4 is 20.5 Å². The van der Waals surface area contributed by atoms with Crippen molar-refractivity contribution in [3.63, 3.8) is 0 Å². The molecule has 2 N–H and O–H groups in total. The summed E-state index contributed by atoms with van der Waals surface area (Å²) >= 11 is 0.